The third-order valence-corrected chi connectivity index (χ3v) is 3.97. The van der Waals surface area contributed by atoms with Crippen LogP contribution in [-0.2, 0) is 9.57 Å². The Morgan fingerprint density at radius 2 is 1.83 bits per heavy atom. The van der Waals surface area contributed by atoms with Gasteiger partial charge < -0.3 is 14.9 Å². The SMILES string of the molecule is CCO[C@@H]1ON(C)[C@H](c2ccc(Cl)cc2)[C@H]1C(O)(O)C(F)(F)F. The molecule has 1 heterocycles. The van der Waals surface area contributed by atoms with Crippen LogP contribution in [0.3, 0.4) is 0 Å². The number of rotatable bonds is 4. The van der Waals surface area contributed by atoms with Crippen molar-refractivity contribution < 1.29 is 33.0 Å². The van der Waals surface area contributed by atoms with Crippen molar-refractivity contribution >= 4 is 11.6 Å². The predicted octanol–water partition coefficient (Wildman–Crippen LogP) is 2.48. The first-order chi connectivity index (χ1) is 10.6. The lowest BCUT2D eigenvalue weighted by Crippen LogP contribution is -2.56. The van der Waals surface area contributed by atoms with Crippen molar-refractivity contribution in [1.82, 2.24) is 5.06 Å². The summed E-state index contributed by atoms with van der Waals surface area (Å²) in [7, 11) is 1.40. The van der Waals surface area contributed by atoms with Gasteiger partial charge in [-0.3, -0.25) is 4.84 Å². The summed E-state index contributed by atoms with van der Waals surface area (Å²) in [5.74, 6) is -5.78. The maximum Gasteiger partial charge on any atom is 0.443 e. The number of ether oxygens (including phenoxy) is 1. The predicted molar refractivity (Wildman–Crippen MR) is 75.2 cm³/mol. The Morgan fingerprint density at radius 1 is 1.26 bits per heavy atom. The molecule has 1 aliphatic heterocycles. The summed E-state index contributed by atoms with van der Waals surface area (Å²) >= 11 is 5.78. The largest absolute Gasteiger partial charge is 0.443 e. The molecule has 0 spiro atoms. The standard InChI is InChI=1S/C14H17ClF3NO4/c1-3-22-12-10(13(20,21)14(16,17)18)11(19(2)23-12)8-4-6-9(15)7-5-8/h4-7,10-12,20-21H,3H2,1-2H3/t10-,11-,12-/m1/s1. The number of hydrogen-bond acceptors (Lipinski definition) is 5. The zero-order valence-electron chi connectivity index (χ0n) is 12.4. The maximum atomic E-state index is 13.1. The zero-order valence-corrected chi connectivity index (χ0v) is 13.2. The minimum atomic E-state index is -5.27. The van der Waals surface area contributed by atoms with Crippen LogP contribution in [0.1, 0.15) is 18.5 Å². The molecular formula is C14H17ClF3NO4. The lowest BCUT2D eigenvalue weighted by Gasteiger charge is -2.35. The van der Waals surface area contributed by atoms with Crippen molar-refractivity contribution in [1.29, 1.82) is 0 Å². The molecule has 3 atom stereocenters. The second kappa shape index (κ2) is 6.54. The molecule has 23 heavy (non-hydrogen) atoms. The average molecular weight is 356 g/mol. The van der Waals surface area contributed by atoms with E-state index < -0.39 is 30.2 Å². The van der Waals surface area contributed by atoms with E-state index in [1.54, 1.807) is 6.92 Å². The van der Waals surface area contributed by atoms with Gasteiger partial charge in [-0.15, -0.1) is 0 Å². The normalized spacial score (nSPS) is 26.7. The highest BCUT2D eigenvalue weighted by Crippen LogP contribution is 2.49. The molecule has 1 fully saturated rings. The fraction of sp³-hybridized carbons (Fsp3) is 0.571. The topological polar surface area (TPSA) is 62.2 Å². The van der Waals surface area contributed by atoms with Crippen molar-refractivity contribution in [3.8, 4) is 0 Å². The highest BCUT2D eigenvalue weighted by Gasteiger charge is 2.66. The highest BCUT2D eigenvalue weighted by molar-refractivity contribution is 6.30. The molecule has 0 unspecified atom stereocenters. The Bertz CT molecular complexity index is 538. The second-order valence-electron chi connectivity index (χ2n) is 5.22. The lowest BCUT2D eigenvalue weighted by atomic mass is 9.85. The van der Waals surface area contributed by atoms with Gasteiger partial charge in [0.05, 0.1) is 12.0 Å². The van der Waals surface area contributed by atoms with Gasteiger partial charge in [-0.2, -0.15) is 18.2 Å². The molecule has 0 saturated carbocycles. The summed E-state index contributed by atoms with van der Waals surface area (Å²) in [4.78, 5) is 5.25. The molecule has 130 valence electrons. The van der Waals surface area contributed by atoms with E-state index in [4.69, 9.17) is 21.2 Å². The molecule has 0 radical (unpaired) electrons. The molecule has 0 amide bonds. The quantitative estimate of drug-likeness (QED) is 0.813. The van der Waals surface area contributed by atoms with Crippen molar-refractivity contribution in [3.05, 3.63) is 34.9 Å². The van der Waals surface area contributed by atoms with Crippen LogP contribution in [0.4, 0.5) is 13.2 Å². The molecule has 1 aliphatic rings. The average Bonchev–Trinajstić information content (AvgIpc) is 2.76. The van der Waals surface area contributed by atoms with Crippen LogP contribution < -0.4 is 0 Å². The van der Waals surface area contributed by atoms with Crippen LogP contribution in [0.2, 0.25) is 5.02 Å². The summed E-state index contributed by atoms with van der Waals surface area (Å²) in [6.07, 6.45) is -6.73. The first kappa shape index (κ1) is 18.4. The van der Waals surface area contributed by atoms with E-state index in [2.05, 4.69) is 0 Å². The molecule has 5 nitrogen and oxygen atoms in total. The van der Waals surface area contributed by atoms with Crippen molar-refractivity contribution in [2.45, 2.75) is 31.2 Å². The fourth-order valence-electron chi connectivity index (χ4n) is 2.64. The Labute approximate surface area is 136 Å². The van der Waals surface area contributed by atoms with Crippen molar-refractivity contribution in [3.63, 3.8) is 0 Å². The number of benzene rings is 1. The number of halogens is 4. The van der Waals surface area contributed by atoms with Gasteiger partial charge in [0.1, 0.15) is 0 Å². The van der Waals surface area contributed by atoms with Crippen molar-refractivity contribution in [2.24, 2.45) is 5.92 Å². The van der Waals surface area contributed by atoms with Gasteiger partial charge in [-0.1, -0.05) is 23.7 Å². The fourth-order valence-corrected chi connectivity index (χ4v) is 2.77. The number of hydroxylamine groups is 2. The van der Waals surface area contributed by atoms with E-state index in [0.29, 0.717) is 10.6 Å². The van der Waals surface area contributed by atoms with Crippen LogP contribution >= 0.6 is 11.6 Å². The molecule has 0 aliphatic carbocycles. The van der Waals surface area contributed by atoms with Crippen LogP contribution in [0.25, 0.3) is 0 Å². The van der Waals surface area contributed by atoms with Crippen LogP contribution in [0.15, 0.2) is 24.3 Å². The minimum absolute atomic E-state index is 0.0519. The number of alkyl halides is 3. The molecule has 1 aromatic carbocycles. The van der Waals surface area contributed by atoms with Crippen molar-refractivity contribution in [2.75, 3.05) is 13.7 Å². The van der Waals surface area contributed by atoms with E-state index in [1.807, 2.05) is 0 Å². The van der Waals surface area contributed by atoms with E-state index in [0.717, 1.165) is 5.06 Å². The van der Waals surface area contributed by atoms with E-state index in [9.17, 15) is 23.4 Å². The van der Waals surface area contributed by atoms with Crippen LogP contribution in [-0.4, -0.2) is 47.2 Å². The third-order valence-electron chi connectivity index (χ3n) is 3.72. The second-order valence-corrected chi connectivity index (χ2v) is 5.66. The van der Waals surface area contributed by atoms with Gasteiger partial charge in [-0.25, -0.2) is 0 Å². The van der Waals surface area contributed by atoms with Gasteiger partial charge in [0, 0.05) is 18.7 Å². The Kier molecular flexibility index (Phi) is 5.24. The van der Waals surface area contributed by atoms with Gasteiger partial charge in [0.25, 0.3) is 5.79 Å². The van der Waals surface area contributed by atoms with Gasteiger partial charge in [0.15, 0.2) is 6.29 Å². The summed E-state index contributed by atoms with van der Waals surface area (Å²) in [5.41, 5.74) is 0.390. The molecule has 2 rings (SSSR count). The van der Waals surface area contributed by atoms with Crippen LogP contribution in [0, 0.1) is 5.92 Å². The number of aliphatic hydroxyl groups is 2. The number of hydrogen-bond donors (Lipinski definition) is 2. The van der Waals surface area contributed by atoms with E-state index in [1.165, 1.54) is 31.3 Å². The first-order valence-corrected chi connectivity index (χ1v) is 7.25. The van der Waals surface area contributed by atoms with E-state index in [-0.39, 0.29) is 6.61 Å². The molecule has 0 aromatic heterocycles. The van der Waals surface area contributed by atoms with E-state index >= 15 is 0 Å². The van der Waals surface area contributed by atoms with Gasteiger partial charge in [0.2, 0.25) is 0 Å². The minimum Gasteiger partial charge on any atom is -0.358 e. The zero-order chi connectivity index (χ0) is 17.4. The third kappa shape index (κ3) is 3.47. The molecule has 1 aromatic rings. The summed E-state index contributed by atoms with van der Waals surface area (Å²) in [6, 6.07) is 4.92. The van der Waals surface area contributed by atoms with Gasteiger partial charge >= 0.3 is 6.18 Å². The smallest absolute Gasteiger partial charge is 0.358 e. The molecule has 0 bridgehead atoms. The van der Waals surface area contributed by atoms with Gasteiger partial charge in [-0.05, 0) is 24.6 Å². The Balaban J connectivity index is 2.47. The molecule has 1 saturated heterocycles. The summed E-state index contributed by atoms with van der Waals surface area (Å²) in [5, 5.41) is 21.1. The first-order valence-electron chi connectivity index (χ1n) is 6.87. The summed E-state index contributed by atoms with van der Waals surface area (Å²) < 4.78 is 44.5. The Hall–Kier alpha value is -0.900. The Morgan fingerprint density at radius 3 is 2.30 bits per heavy atom. The lowest BCUT2D eigenvalue weighted by molar-refractivity contribution is -0.384. The summed E-state index contributed by atoms with van der Waals surface area (Å²) in [6.45, 7) is 1.62. The molecule has 9 heteroatoms. The number of nitrogens with zero attached hydrogens (tertiary/aromatic N) is 1. The maximum absolute atomic E-state index is 13.1. The molecular weight excluding hydrogens is 339 g/mol. The van der Waals surface area contributed by atoms with Crippen LogP contribution in [0.5, 0.6) is 0 Å². The molecule has 2 N–H and O–H groups in total. The highest BCUT2D eigenvalue weighted by atomic mass is 35.5. The monoisotopic (exact) mass is 355 g/mol.